The number of hydrogen-bond donors (Lipinski definition) is 0. The van der Waals surface area contributed by atoms with Crippen molar-refractivity contribution in [2.75, 3.05) is 14.7 Å². The van der Waals surface area contributed by atoms with Crippen molar-refractivity contribution in [3.63, 3.8) is 0 Å². The minimum atomic E-state index is 0.618. The van der Waals surface area contributed by atoms with Crippen LogP contribution in [0.1, 0.15) is 0 Å². The van der Waals surface area contributed by atoms with E-state index in [2.05, 4.69) is 476 Å². The summed E-state index contributed by atoms with van der Waals surface area (Å²) in [6.45, 7) is 0. The Labute approximate surface area is 867 Å². The van der Waals surface area contributed by atoms with Crippen molar-refractivity contribution in [1.82, 2.24) is 15.0 Å². The molecule has 0 atom stereocenters. The normalized spacial score (nSPS) is 11.6. The maximum Gasteiger partial charge on any atom is 0.227 e. The van der Waals surface area contributed by atoms with Gasteiger partial charge in [0.1, 0.15) is 27.7 Å². The van der Waals surface area contributed by atoms with Crippen molar-refractivity contribution in [2.45, 2.75) is 0 Å². The average molecular weight is 1940 g/mol. The lowest BCUT2D eigenvalue weighted by Crippen LogP contribution is -2.10. The van der Waals surface area contributed by atoms with E-state index < -0.39 is 0 Å². The average Bonchev–Trinajstić information content (AvgIpc) is 1.49. The van der Waals surface area contributed by atoms with Crippen LogP contribution in [0.4, 0.5) is 51.2 Å². The highest BCUT2D eigenvalue weighted by Gasteiger charge is 2.26. The molecule has 0 N–H and O–H groups in total. The number of furan rings is 1. The molecule has 0 radical (unpaired) electrons. The molecule has 5 aromatic heterocycles. The number of aromatic nitrogens is 3. The van der Waals surface area contributed by atoms with Crippen LogP contribution in [0.25, 0.3) is 230 Å². The predicted molar refractivity (Wildman–Crippen MR) is 627 cm³/mol. The lowest BCUT2D eigenvalue weighted by molar-refractivity contribution is 0.623. The van der Waals surface area contributed by atoms with Crippen LogP contribution in [0.3, 0.4) is 0 Å². The lowest BCUT2D eigenvalue weighted by atomic mass is 9.94. The fourth-order valence-corrected chi connectivity index (χ4v) is 22.8. The van der Waals surface area contributed by atoms with Crippen LogP contribution in [-0.2, 0) is 0 Å². The van der Waals surface area contributed by atoms with Gasteiger partial charge in [0.2, 0.25) is 17.7 Å². The Morgan fingerprint density at radius 1 is 0.160 bits per heavy atom. The number of anilines is 9. The molecule has 704 valence electrons. The minimum Gasteiger partial charge on any atom is -0.456 e. The number of thiophene rings is 1. The van der Waals surface area contributed by atoms with Crippen LogP contribution < -0.4 is 14.7 Å². The van der Waals surface area contributed by atoms with Crippen LogP contribution in [-0.4, -0.2) is 15.0 Å². The van der Waals surface area contributed by atoms with Crippen LogP contribution in [0, 0.1) is 0 Å². The molecule has 0 unspecified atom stereocenters. The first-order valence-electron chi connectivity index (χ1n) is 50.5. The van der Waals surface area contributed by atoms with Gasteiger partial charge in [0, 0.05) is 115 Å². The largest absolute Gasteiger partial charge is 0.456 e. The highest BCUT2D eigenvalue weighted by molar-refractivity contribution is 7.25. The molecule has 30 aromatic rings. The second-order valence-electron chi connectivity index (χ2n) is 38.0. The molecule has 150 heavy (non-hydrogen) atoms. The number of rotatable bonds is 16. The smallest absolute Gasteiger partial charge is 0.227 e. The zero-order valence-electron chi connectivity index (χ0n) is 81.0. The van der Waals surface area contributed by atoms with E-state index in [-0.39, 0.29) is 0 Å². The summed E-state index contributed by atoms with van der Waals surface area (Å²) in [5.41, 5.74) is 28.7. The standard InChI is InChI=1S/C51H32N2O2.C49H32N2O.C39H24N2OS/c1-3-11-33(12-4-1)41-15-7-8-16-42(41)34-21-25-38(26-22-34)53(40-28-30-48-45(32-40)43-17-9-10-18-47(43)54-48)39-27-23-35-19-20-36-24-29-46-50(49(36)44(35)31-39)55-51(52-46)37-13-5-2-6-14-37;1-3-10-33(11-4-1)36-22-26-42(27-23-36)51(43-17-9-16-40(31-43)34-12-5-2-6-13-34)44-28-24-37-19-20-38-25-29-46-48(47(38)45(37)32-44)52-49(50-46)41-21-18-35-14-7-8-15-39(35)30-41;1-3-9-27(10-4-1)39-40-34-22-18-26-16-15-25-17-19-29(23-33(25)37(26)38(34)42-39)41(28-11-5-2-6-12-28)30-20-21-32-31-13-7-8-14-35(31)43-36(32)24-30/h1-32H;1-32H;1-24H. The number of nitrogens with zero attached hydrogens (tertiary/aromatic N) is 6. The molecular weight excluding hydrogens is 1850 g/mol. The Morgan fingerprint density at radius 2 is 0.480 bits per heavy atom. The van der Waals surface area contributed by atoms with Gasteiger partial charge in [-0.25, -0.2) is 15.0 Å². The van der Waals surface area contributed by atoms with Gasteiger partial charge in [0.25, 0.3) is 0 Å². The lowest BCUT2D eigenvalue weighted by Gasteiger charge is -2.27. The zero-order valence-corrected chi connectivity index (χ0v) is 81.8. The van der Waals surface area contributed by atoms with E-state index in [9.17, 15) is 0 Å². The third kappa shape index (κ3) is 16.2. The quantitative estimate of drug-likeness (QED) is 0.0870. The molecule has 0 saturated heterocycles. The molecule has 0 spiro atoms. The van der Waals surface area contributed by atoms with E-state index >= 15 is 0 Å². The molecule has 0 aliphatic heterocycles. The van der Waals surface area contributed by atoms with E-state index in [0.29, 0.717) is 17.7 Å². The van der Waals surface area contributed by atoms with Gasteiger partial charge in [0.05, 0.1) is 0 Å². The monoisotopic (exact) mass is 1940 g/mol. The van der Waals surface area contributed by atoms with Gasteiger partial charge in [-0.1, -0.05) is 352 Å². The van der Waals surface area contributed by atoms with E-state index in [4.69, 9.17) is 32.6 Å². The van der Waals surface area contributed by atoms with Gasteiger partial charge in [0.15, 0.2) is 16.7 Å². The summed E-state index contributed by atoms with van der Waals surface area (Å²) < 4.78 is 28.6. The van der Waals surface area contributed by atoms with Crippen LogP contribution in [0.5, 0.6) is 0 Å². The Morgan fingerprint density at radius 3 is 1.01 bits per heavy atom. The Balaban J connectivity index is 0.000000109. The number of benzene rings is 25. The summed E-state index contributed by atoms with van der Waals surface area (Å²) in [5, 5.41) is 20.5. The van der Waals surface area contributed by atoms with Gasteiger partial charge in [-0.2, -0.15) is 0 Å². The van der Waals surface area contributed by atoms with Crippen molar-refractivity contribution in [2.24, 2.45) is 0 Å². The molecule has 25 aromatic carbocycles. The second-order valence-corrected chi connectivity index (χ2v) is 39.1. The summed E-state index contributed by atoms with van der Waals surface area (Å²) in [5.74, 6) is 1.88. The van der Waals surface area contributed by atoms with Crippen molar-refractivity contribution in [3.05, 3.63) is 534 Å². The maximum absolute atomic E-state index is 6.69. The zero-order chi connectivity index (χ0) is 99.1. The summed E-state index contributed by atoms with van der Waals surface area (Å²) >= 11 is 1.84. The third-order valence-electron chi connectivity index (χ3n) is 29.0. The molecular formula is C139H88N6O4S. The van der Waals surface area contributed by atoms with Gasteiger partial charge in [-0.05, 0) is 286 Å². The van der Waals surface area contributed by atoms with Crippen molar-refractivity contribution in [1.29, 1.82) is 0 Å². The highest BCUT2D eigenvalue weighted by Crippen LogP contribution is 2.50. The van der Waals surface area contributed by atoms with Crippen LogP contribution >= 0.6 is 11.3 Å². The molecule has 5 heterocycles. The minimum absolute atomic E-state index is 0.618. The topological polar surface area (TPSA) is 101 Å². The van der Waals surface area contributed by atoms with Crippen molar-refractivity contribution < 1.29 is 17.7 Å². The SMILES string of the molecule is c1ccc(-c2ccc(N(c3cccc(-c4ccccc4)c3)c3ccc4ccc5ccc6nc(-c7ccc8ccccc8c7)oc6c5c4c3)cc2)cc1.c1ccc(-c2nc3ccc4ccc5ccc(N(c6ccc(-c7ccccc7-c7ccccc7)cc6)c6ccc7oc8ccccc8c7c6)cc5c4c3o2)cc1.c1ccc(-c2nc3ccc4ccc5ccc(N(c6ccccc6)c6ccc7c(c6)sc6ccccc67)cc5c4c3o2)cc1. The molecule has 0 fully saturated rings. The fourth-order valence-electron chi connectivity index (χ4n) is 21.7. The molecule has 0 aliphatic carbocycles. The summed E-state index contributed by atoms with van der Waals surface area (Å²) in [6, 6.07) is 188. The predicted octanol–water partition coefficient (Wildman–Crippen LogP) is 39.9. The highest BCUT2D eigenvalue weighted by atomic mass is 32.1. The van der Waals surface area contributed by atoms with E-state index in [1.165, 1.54) is 64.5 Å². The molecule has 10 nitrogen and oxygen atoms in total. The van der Waals surface area contributed by atoms with E-state index in [1.54, 1.807) is 0 Å². The molecule has 0 amide bonds. The van der Waals surface area contributed by atoms with E-state index in [1.807, 2.05) is 84.1 Å². The van der Waals surface area contributed by atoms with Crippen molar-refractivity contribution in [3.8, 4) is 78.9 Å². The van der Waals surface area contributed by atoms with Crippen LogP contribution in [0.15, 0.2) is 552 Å². The fraction of sp³-hybridized carbons (Fsp3) is 0. The first kappa shape index (κ1) is 87.9. The number of oxazole rings is 3. The van der Waals surface area contributed by atoms with Crippen LogP contribution in [0.2, 0.25) is 0 Å². The summed E-state index contributed by atoms with van der Waals surface area (Å²) in [7, 11) is 0. The Bertz CT molecular complexity index is 10400. The molecule has 11 heteroatoms. The number of fused-ring (bicyclic) bond motifs is 22. The van der Waals surface area contributed by atoms with Gasteiger partial charge in [-0.3, -0.25) is 0 Å². The molecule has 30 rings (SSSR count). The molecule has 0 bridgehead atoms. The van der Waals surface area contributed by atoms with Gasteiger partial charge in [-0.15, -0.1) is 11.3 Å². The maximum atomic E-state index is 6.69. The Hall–Kier alpha value is -19.9. The van der Waals surface area contributed by atoms with Gasteiger partial charge >= 0.3 is 0 Å². The number of hydrogen-bond acceptors (Lipinski definition) is 11. The molecule has 0 aliphatic rings. The summed E-state index contributed by atoms with van der Waals surface area (Å²) in [4.78, 5) is 21.8. The Kier molecular flexibility index (Phi) is 21.9. The number of para-hydroxylation sites is 2. The first-order valence-corrected chi connectivity index (χ1v) is 51.3. The van der Waals surface area contributed by atoms with Gasteiger partial charge < -0.3 is 32.4 Å². The molecule has 0 saturated carbocycles. The van der Waals surface area contributed by atoms with E-state index in [0.717, 1.165) is 199 Å². The third-order valence-corrected chi connectivity index (χ3v) is 30.1. The summed E-state index contributed by atoms with van der Waals surface area (Å²) in [6.07, 6.45) is 0. The van der Waals surface area contributed by atoms with Crippen molar-refractivity contribution >= 4 is 213 Å². The first-order chi connectivity index (χ1) is 74.3. The second kappa shape index (κ2) is 37.4.